The molecule has 0 radical (unpaired) electrons. The van der Waals surface area contributed by atoms with E-state index in [0.717, 1.165) is 10.5 Å². The van der Waals surface area contributed by atoms with Gasteiger partial charge in [-0.2, -0.15) is 0 Å². The summed E-state index contributed by atoms with van der Waals surface area (Å²) in [5.41, 5.74) is 2.19. The Labute approximate surface area is 77.6 Å². The summed E-state index contributed by atoms with van der Waals surface area (Å²) in [5, 5.41) is 1.99. The van der Waals surface area contributed by atoms with Crippen LogP contribution in [-0.2, 0) is 14.7 Å². The molecule has 1 unspecified atom stereocenters. The van der Waals surface area contributed by atoms with Crippen LogP contribution in [0.15, 0.2) is 34.6 Å². The number of carbonyl (C=O) groups is 1. The van der Waals surface area contributed by atoms with Crippen molar-refractivity contribution in [3.63, 3.8) is 0 Å². The zero-order chi connectivity index (χ0) is 8.39. The summed E-state index contributed by atoms with van der Waals surface area (Å²) < 4.78 is 0. The molecule has 1 heterocycles. The molecule has 0 amide bonds. The van der Waals surface area contributed by atoms with Crippen LogP contribution in [0.4, 0.5) is 0 Å². The molecular formula is C9H7OS2+. The van der Waals surface area contributed by atoms with Crippen molar-refractivity contribution >= 4 is 32.4 Å². The van der Waals surface area contributed by atoms with Crippen molar-refractivity contribution in [1.29, 1.82) is 0 Å². The normalized spacial score (nSPS) is 20.2. The van der Waals surface area contributed by atoms with Gasteiger partial charge in [-0.1, -0.05) is 12.1 Å². The van der Waals surface area contributed by atoms with Crippen molar-refractivity contribution < 1.29 is 4.79 Å². The van der Waals surface area contributed by atoms with Crippen LogP contribution in [0.1, 0.15) is 5.56 Å². The smallest absolute Gasteiger partial charge is 0.239 e. The molecule has 1 aliphatic heterocycles. The summed E-state index contributed by atoms with van der Waals surface area (Å²) in [6.45, 7) is 0. The minimum Gasteiger partial charge on any atom is -0.239 e. The third-order valence-corrected chi connectivity index (χ3v) is 4.79. The molecule has 0 aliphatic carbocycles. The van der Waals surface area contributed by atoms with E-state index >= 15 is 0 Å². The SMILES string of the molecule is O=C[S+]1SC=Cc2ccccc21. The molecule has 60 valence electrons. The van der Waals surface area contributed by atoms with E-state index < -0.39 is 0 Å². The van der Waals surface area contributed by atoms with Crippen molar-refractivity contribution in [3.8, 4) is 0 Å². The van der Waals surface area contributed by atoms with Gasteiger partial charge in [0.2, 0.25) is 0 Å². The lowest BCUT2D eigenvalue weighted by Gasteiger charge is -2.04. The number of carbonyl (C=O) groups excluding carboxylic acids is 1. The van der Waals surface area contributed by atoms with Gasteiger partial charge in [-0.05, 0) is 18.2 Å². The predicted molar refractivity (Wildman–Crippen MR) is 55.4 cm³/mol. The van der Waals surface area contributed by atoms with Gasteiger partial charge in [0, 0.05) is 11.0 Å². The van der Waals surface area contributed by atoms with Crippen LogP contribution in [0.25, 0.3) is 6.08 Å². The first-order chi connectivity index (χ1) is 5.92. The first kappa shape index (κ1) is 7.95. The fourth-order valence-corrected chi connectivity index (χ4v) is 3.67. The average Bonchev–Trinajstić information content (AvgIpc) is 2.17. The number of fused-ring (bicyclic) bond motifs is 1. The third kappa shape index (κ3) is 1.30. The maximum Gasteiger partial charge on any atom is 0.338 e. The van der Waals surface area contributed by atoms with Crippen molar-refractivity contribution in [2.24, 2.45) is 0 Å². The highest BCUT2D eigenvalue weighted by Crippen LogP contribution is 2.33. The summed E-state index contributed by atoms with van der Waals surface area (Å²) in [5.74, 6) is 0. The van der Waals surface area contributed by atoms with Gasteiger partial charge in [0.05, 0.1) is 0 Å². The van der Waals surface area contributed by atoms with Crippen LogP contribution < -0.4 is 0 Å². The van der Waals surface area contributed by atoms with E-state index in [2.05, 4.69) is 0 Å². The van der Waals surface area contributed by atoms with E-state index in [9.17, 15) is 4.79 Å². The largest absolute Gasteiger partial charge is 0.338 e. The summed E-state index contributed by atoms with van der Waals surface area (Å²) in [6.07, 6.45) is 2.05. The van der Waals surface area contributed by atoms with Gasteiger partial charge in [0.25, 0.3) is 0 Å². The highest BCUT2D eigenvalue weighted by atomic mass is 33.1. The molecule has 1 aromatic carbocycles. The topological polar surface area (TPSA) is 17.1 Å². The standard InChI is InChI=1S/C9H7OS2/c10-7-12-9-4-2-1-3-8(9)5-6-11-12/h1-7H/q+1. The Morgan fingerprint density at radius 2 is 2.17 bits per heavy atom. The number of benzene rings is 1. The van der Waals surface area contributed by atoms with Gasteiger partial charge in [0.15, 0.2) is 14.8 Å². The quantitative estimate of drug-likeness (QED) is 0.389. The fraction of sp³-hybridized carbons (Fsp3) is 0. The van der Waals surface area contributed by atoms with Gasteiger partial charge >= 0.3 is 5.62 Å². The van der Waals surface area contributed by atoms with Crippen molar-refractivity contribution in [2.45, 2.75) is 4.90 Å². The minimum absolute atomic E-state index is 0.277. The first-order valence-corrected chi connectivity index (χ1v) is 6.21. The molecule has 1 aliphatic rings. The van der Waals surface area contributed by atoms with Gasteiger partial charge < -0.3 is 0 Å². The predicted octanol–water partition coefficient (Wildman–Crippen LogP) is 2.49. The van der Waals surface area contributed by atoms with E-state index in [4.69, 9.17) is 0 Å². The van der Waals surface area contributed by atoms with E-state index in [1.165, 1.54) is 5.56 Å². The Balaban J connectivity index is 2.52. The molecule has 1 atom stereocenters. The van der Waals surface area contributed by atoms with E-state index in [0.29, 0.717) is 0 Å². The monoisotopic (exact) mass is 195 g/mol. The second-order valence-corrected chi connectivity index (χ2v) is 5.68. The van der Waals surface area contributed by atoms with Crippen LogP contribution in [0.2, 0.25) is 0 Å². The molecule has 0 fully saturated rings. The van der Waals surface area contributed by atoms with E-state index in [1.807, 2.05) is 35.7 Å². The van der Waals surface area contributed by atoms with Crippen LogP contribution in [0.5, 0.6) is 0 Å². The molecule has 0 aromatic heterocycles. The maximum absolute atomic E-state index is 10.7. The highest BCUT2D eigenvalue weighted by molar-refractivity contribution is 8.80. The molecule has 12 heavy (non-hydrogen) atoms. The molecule has 0 bridgehead atoms. The highest BCUT2D eigenvalue weighted by Gasteiger charge is 2.27. The number of hydrogen-bond donors (Lipinski definition) is 0. The third-order valence-electron chi connectivity index (χ3n) is 1.63. The molecule has 0 N–H and O–H groups in total. The Bertz CT molecular complexity index is 333. The summed E-state index contributed by atoms with van der Waals surface area (Å²) in [6, 6.07) is 8.02. The Hall–Kier alpha value is -0.670. The molecule has 2 rings (SSSR count). The van der Waals surface area contributed by atoms with E-state index in [1.54, 1.807) is 10.8 Å². The lowest BCUT2D eigenvalue weighted by molar-refractivity contribution is 0.569. The first-order valence-electron chi connectivity index (χ1n) is 3.53. The van der Waals surface area contributed by atoms with Gasteiger partial charge in [-0.15, -0.1) is 0 Å². The second kappa shape index (κ2) is 3.37. The summed E-state index contributed by atoms with van der Waals surface area (Å²) >= 11 is 0. The second-order valence-electron chi connectivity index (χ2n) is 2.33. The molecule has 3 heteroatoms. The molecule has 1 aromatic rings. The van der Waals surface area contributed by atoms with Crippen molar-refractivity contribution in [3.05, 3.63) is 35.2 Å². The summed E-state index contributed by atoms with van der Waals surface area (Å²) in [7, 11) is 1.31. The molecule has 0 saturated carbocycles. The summed E-state index contributed by atoms with van der Waals surface area (Å²) in [4.78, 5) is 11.8. The van der Waals surface area contributed by atoms with Crippen molar-refractivity contribution in [2.75, 3.05) is 0 Å². The van der Waals surface area contributed by atoms with Gasteiger partial charge in [-0.25, -0.2) is 4.79 Å². The molecule has 0 spiro atoms. The zero-order valence-corrected chi connectivity index (χ0v) is 7.90. The van der Waals surface area contributed by atoms with Crippen LogP contribution in [-0.4, -0.2) is 5.62 Å². The fourth-order valence-electron chi connectivity index (χ4n) is 1.09. The lowest BCUT2D eigenvalue weighted by Crippen LogP contribution is -2.01. The Morgan fingerprint density at radius 1 is 1.33 bits per heavy atom. The zero-order valence-electron chi connectivity index (χ0n) is 6.27. The van der Waals surface area contributed by atoms with Gasteiger partial charge in [-0.3, -0.25) is 0 Å². The van der Waals surface area contributed by atoms with Crippen LogP contribution in [0.3, 0.4) is 0 Å². The van der Waals surface area contributed by atoms with Crippen LogP contribution in [0, 0.1) is 0 Å². The molecule has 1 nitrogen and oxygen atoms in total. The Kier molecular flexibility index (Phi) is 2.23. The maximum atomic E-state index is 10.7. The lowest BCUT2D eigenvalue weighted by atomic mass is 10.2. The minimum atomic E-state index is -0.277. The van der Waals surface area contributed by atoms with E-state index in [-0.39, 0.29) is 9.93 Å². The molecular weight excluding hydrogens is 188 g/mol. The van der Waals surface area contributed by atoms with Crippen LogP contribution >= 0.6 is 10.8 Å². The average molecular weight is 195 g/mol. The number of hydrogen-bond acceptors (Lipinski definition) is 2. The number of rotatable bonds is 1. The van der Waals surface area contributed by atoms with Gasteiger partial charge in [0.1, 0.15) is 10.8 Å². The van der Waals surface area contributed by atoms with Crippen molar-refractivity contribution in [1.82, 2.24) is 0 Å². The Morgan fingerprint density at radius 3 is 3.00 bits per heavy atom. The molecule has 0 saturated heterocycles.